The minimum absolute atomic E-state index is 0.0592. The third-order valence-electron chi connectivity index (χ3n) is 3.32. The number of nitrogens with two attached hydrogens (primary N) is 1. The zero-order valence-electron chi connectivity index (χ0n) is 9.09. The predicted octanol–water partition coefficient (Wildman–Crippen LogP) is 1.77. The molecule has 78 valence electrons. The summed E-state index contributed by atoms with van der Waals surface area (Å²) in [5, 5.41) is 10.0. The summed E-state index contributed by atoms with van der Waals surface area (Å²) in [6.07, 6.45) is 2.92. The second kappa shape index (κ2) is 3.97. The van der Waals surface area contributed by atoms with Crippen LogP contribution in [0.5, 0.6) is 0 Å². The number of hydrogen-bond donors (Lipinski definition) is 2. The van der Waals surface area contributed by atoms with Gasteiger partial charge in [0.2, 0.25) is 0 Å². The molecule has 0 spiro atoms. The Balaban J connectivity index is 2.47. The molecular formula is C11H23NO. The molecule has 0 aromatic carbocycles. The maximum Gasteiger partial charge on any atom is 0.0611 e. The highest BCUT2D eigenvalue weighted by molar-refractivity contribution is 4.97. The Labute approximate surface area is 81.5 Å². The monoisotopic (exact) mass is 185 g/mol. The molecule has 13 heavy (non-hydrogen) atoms. The summed E-state index contributed by atoms with van der Waals surface area (Å²) in [4.78, 5) is 0. The third kappa shape index (κ3) is 2.23. The van der Waals surface area contributed by atoms with E-state index in [1.165, 1.54) is 0 Å². The molecule has 0 aromatic heterocycles. The second-order valence-corrected chi connectivity index (χ2v) is 5.23. The zero-order chi connectivity index (χ0) is 10.1. The van der Waals surface area contributed by atoms with Gasteiger partial charge < -0.3 is 10.8 Å². The van der Waals surface area contributed by atoms with Gasteiger partial charge >= 0.3 is 0 Å². The molecule has 0 bridgehead atoms. The highest BCUT2D eigenvalue weighted by Gasteiger charge is 2.46. The van der Waals surface area contributed by atoms with Gasteiger partial charge in [-0.05, 0) is 31.1 Å². The van der Waals surface area contributed by atoms with E-state index >= 15 is 0 Å². The summed E-state index contributed by atoms with van der Waals surface area (Å²) in [6.45, 7) is 7.17. The van der Waals surface area contributed by atoms with Gasteiger partial charge in [0.25, 0.3) is 0 Å². The summed E-state index contributed by atoms with van der Waals surface area (Å²) in [5.74, 6) is 1.32. The molecule has 3 N–H and O–H groups in total. The Hall–Kier alpha value is -0.0800. The predicted molar refractivity (Wildman–Crippen MR) is 55.3 cm³/mol. The van der Waals surface area contributed by atoms with E-state index in [0.29, 0.717) is 12.5 Å². The van der Waals surface area contributed by atoms with Crippen molar-refractivity contribution in [2.24, 2.45) is 23.0 Å². The van der Waals surface area contributed by atoms with Gasteiger partial charge in [0.15, 0.2) is 0 Å². The summed E-state index contributed by atoms with van der Waals surface area (Å²) in [7, 11) is 0. The summed E-state index contributed by atoms with van der Waals surface area (Å²) in [5.41, 5.74) is 5.81. The fourth-order valence-corrected chi connectivity index (χ4v) is 2.60. The maximum atomic E-state index is 10.0. The molecule has 1 saturated carbocycles. The van der Waals surface area contributed by atoms with E-state index in [1.54, 1.807) is 0 Å². The van der Waals surface area contributed by atoms with Crippen LogP contribution in [0.1, 0.15) is 40.0 Å². The lowest BCUT2D eigenvalue weighted by Gasteiger charge is -2.49. The first-order valence-electron chi connectivity index (χ1n) is 5.38. The van der Waals surface area contributed by atoms with E-state index < -0.39 is 0 Å². The van der Waals surface area contributed by atoms with E-state index in [2.05, 4.69) is 20.8 Å². The smallest absolute Gasteiger partial charge is 0.0611 e. The van der Waals surface area contributed by atoms with Gasteiger partial charge in [-0.15, -0.1) is 0 Å². The van der Waals surface area contributed by atoms with Crippen LogP contribution in [-0.2, 0) is 0 Å². The van der Waals surface area contributed by atoms with Crippen LogP contribution in [0.15, 0.2) is 0 Å². The normalized spacial score (nSPS) is 36.0. The molecule has 1 fully saturated rings. The lowest BCUT2D eigenvalue weighted by Crippen LogP contribution is -2.51. The van der Waals surface area contributed by atoms with Crippen LogP contribution in [0.25, 0.3) is 0 Å². The molecule has 1 atom stereocenters. The SMILES string of the molecule is CC(C)C[C@H](O)C1(CN)CC(C)C1. The molecule has 0 radical (unpaired) electrons. The summed E-state index contributed by atoms with van der Waals surface area (Å²) < 4.78 is 0. The number of aliphatic hydroxyl groups excluding tert-OH is 1. The number of aliphatic hydroxyl groups is 1. The summed E-state index contributed by atoms with van der Waals surface area (Å²) in [6, 6.07) is 0. The van der Waals surface area contributed by atoms with Gasteiger partial charge in [-0.2, -0.15) is 0 Å². The maximum absolute atomic E-state index is 10.0. The quantitative estimate of drug-likeness (QED) is 0.701. The molecule has 0 aromatic rings. The van der Waals surface area contributed by atoms with Crippen molar-refractivity contribution in [2.45, 2.75) is 46.1 Å². The average molecular weight is 185 g/mol. The second-order valence-electron chi connectivity index (χ2n) is 5.23. The summed E-state index contributed by atoms with van der Waals surface area (Å²) >= 11 is 0. The van der Waals surface area contributed by atoms with Crippen molar-refractivity contribution in [1.29, 1.82) is 0 Å². The van der Waals surface area contributed by atoms with Crippen LogP contribution in [0.2, 0.25) is 0 Å². The van der Waals surface area contributed by atoms with Crippen LogP contribution in [0, 0.1) is 17.3 Å². The Kier molecular flexibility index (Phi) is 3.36. The molecule has 2 heteroatoms. The minimum atomic E-state index is -0.186. The molecule has 0 heterocycles. The molecular weight excluding hydrogens is 162 g/mol. The fourth-order valence-electron chi connectivity index (χ4n) is 2.60. The Morgan fingerprint density at radius 3 is 2.31 bits per heavy atom. The van der Waals surface area contributed by atoms with E-state index in [0.717, 1.165) is 25.2 Å². The zero-order valence-corrected chi connectivity index (χ0v) is 9.09. The van der Waals surface area contributed by atoms with Gasteiger partial charge in [0, 0.05) is 12.0 Å². The first kappa shape index (κ1) is 11.0. The first-order chi connectivity index (χ1) is 6.00. The highest BCUT2D eigenvalue weighted by atomic mass is 16.3. The molecule has 2 nitrogen and oxygen atoms in total. The van der Waals surface area contributed by atoms with Crippen LogP contribution in [0.4, 0.5) is 0 Å². The van der Waals surface area contributed by atoms with Crippen molar-refractivity contribution >= 4 is 0 Å². The van der Waals surface area contributed by atoms with Crippen molar-refractivity contribution in [1.82, 2.24) is 0 Å². The third-order valence-corrected chi connectivity index (χ3v) is 3.32. The first-order valence-corrected chi connectivity index (χ1v) is 5.38. The Morgan fingerprint density at radius 2 is 2.00 bits per heavy atom. The van der Waals surface area contributed by atoms with Crippen LogP contribution < -0.4 is 5.73 Å². The molecule has 1 rings (SSSR count). The fraction of sp³-hybridized carbons (Fsp3) is 1.00. The van der Waals surface area contributed by atoms with E-state index in [-0.39, 0.29) is 11.5 Å². The molecule has 0 saturated heterocycles. The number of hydrogen-bond acceptors (Lipinski definition) is 2. The van der Waals surface area contributed by atoms with Crippen LogP contribution in [0.3, 0.4) is 0 Å². The largest absolute Gasteiger partial charge is 0.392 e. The standard InChI is InChI=1S/C11H23NO/c1-8(2)4-10(13)11(7-12)5-9(3)6-11/h8-10,13H,4-7,12H2,1-3H3/t9?,10-,11?/m0/s1. The van der Waals surface area contributed by atoms with Gasteiger partial charge in [-0.3, -0.25) is 0 Å². The lowest BCUT2D eigenvalue weighted by atomic mass is 9.58. The van der Waals surface area contributed by atoms with Gasteiger partial charge in [0.1, 0.15) is 0 Å². The van der Waals surface area contributed by atoms with E-state index in [9.17, 15) is 5.11 Å². The lowest BCUT2D eigenvalue weighted by molar-refractivity contribution is -0.0666. The van der Waals surface area contributed by atoms with Crippen LogP contribution >= 0.6 is 0 Å². The Bertz CT molecular complexity index is 161. The topological polar surface area (TPSA) is 46.2 Å². The molecule has 0 amide bonds. The van der Waals surface area contributed by atoms with Crippen molar-refractivity contribution in [2.75, 3.05) is 6.54 Å². The minimum Gasteiger partial charge on any atom is -0.392 e. The molecule has 0 aliphatic heterocycles. The van der Waals surface area contributed by atoms with Crippen molar-refractivity contribution in [3.63, 3.8) is 0 Å². The molecule has 0 unspecified atom stereocenters. The van der Waals surface area contributed by atoms with Crippen molar-refractivity contribution in [3.8, 4) is 0 Å². The van der Waals surface area contributed by atoms with E-state index in [1.807, 2.05) is 0 Å². The molecule has 1 aliphatic carbocycles. The van der Waals surface area contributed by atoms with Crippen molar-refractivity contribution < 1.29 is 5.11 Å². The number of rotatable bonds is 4. The average Bonchev–Trinajstić information content (AvgIpc) is 1.96. The van der Waals surface area contributed by atoms with Gasteiger partial charge in [-0.1, -0.05) is 20.8 Å². The molecule has 1 aliphatic rings. The van der Waals surface area contributed by atoms with E-state index in [4.69, 9.17) is 5.73 Å². The van der Waals surface area contributed by atoms with Crippen LogP contribution in [-0.4, -0.2) is 17.8 Å². The van der Waals surface area contributed by atoms with Gasteiger partial charge in [-0.25, -0.2) is 0 Å². The van der Waals surface area contributed by atoms with Gasteiger partial charge in [0.05, 0.1) is 6.10 Å². The van der Waals surface area contributed by atoms with Crippen molar-refractivity contribution in [3.05, 3.63) is 0 Å². The highest BCUT2D eigenvalue weighted by Crippen LogP contribution is 2.48. The Morgan fingerprint density at radius 1 is 1.46 bits per heavy atom.